The number of aromatic nitrogens is 2. The van der Waals surface area contributed by atoms with E-state index < -0.39 is 11.4 Å². The Balaban J connectivity index is 1.14. The minimum Gasteiger partial charge on any atom is -0.481 e. The summed E-state index contributed by atoms with van der Waals surface area (Å²) in [5.41, 5.74) is 8.57. The SMILES string of the molecule is Cc1c(-c2nc3cc(CN4CC[C@@](C)(C(=O)O)C4)cc(C#N)c3o2)cccc1-c1cccc(-c2nc3c(s2)CN(C(=O)CN(C)CCO)C3)c1C. The molecule has 5 aromatic rings. The number of benzene rings is 3. The summed E-state index contributed by atoms with van der Waals surface area (Å²) in [6, 6.07) is 18.3. The van der Waals surface area contributed by atoms with Crippen LogP contribution in [-0.2, 0) is 29.2 Å². The van der Waals surface area contributed by atoms with Gasteiger partial charge in [-0.25, -0.2) is 9.97 Å². The molecule has 1 saturated heterocycles. The number of rotatable bonds is 10. The van der Waals surface area contributed by atoms with Crippen molar-refractivity contribution in [2.75, 3.05) is 39.8 Å². The Morgan fingerprint density at radius 3 is 2.43 bits per heavy atom. The topological polar surface area (TPSA) is 147 Å². The van der Waals surface area contributed by atoms with Gasteiger partial charge < -0.3 is 19.5 Å². The second kappa shape index (κ2) is 13.7. The zero-order valence-corrected chi connectivity index (χ0v) is 30.0. The Hall–Kier alpha value is -4.93. The minimum absolute atomic E-state index is 0.0175. The van der Waals surface area contributed by atoms with E-state index in [1.807, 2.05) is 47.2 Å². The molecule has 11 nitrogen and oxygen atoms in total. The van der Waals surface area contributed by atoms with Crippen molar-refractivity contribution in [3.63, 3.8) is 0 Å². The smallest absolute Gasteiger partial charge is 0.310 e. The second-order valence-corrected chi connectivity index (χ2v) is 15.1. The average molecular weight is 705 g/mol. The van der Waals surface area contributed by atoms with Gasteiger partial charge in [0.1, 0.15) is 16.6 Å². The van der Waals surface area contributed by atoms with Gasteiger partial charge in [-0.05, 0) is 86.8 Å². The molecule has 1 amide bonds. The van der Waals surface area contributed by atoms with E-state index in [0.717, 1.165) is 54.5 Å². The lowest BCUT2D eigenvalue weighted by molar-refractivity contribution is -0.147. The van der Waals surface area contributed by atoms with Gasteiger partial charge in [-0.2, -0.15) is 5.26 Å². The van der Waals surface area contributed by atoms with Crippen molar-refractivity contribution in [1.29, 1.82) is 5.26 Å². The molecule has 262 valence electrons. The largest absolute Gasteiger partial charge is 0.481 e. The Bertz CT molecular complexity index is 2200. The van der Waals surface area contributed by atoms with Gasteiger partial charge in [-0.1, -0.05) is 30.3 Å². The van der Waals surface area contributed by atoms with E-state index in [4.69, 9.17) is 19.5 Å². The van der Waals surface area contributed by atoms with Crippen LogP contribution >= 0.6 is 11.3 Å². The van der Waals surface area contributed by atoms with E-state index in [2.05, 4.69) is 43.0 Å². The summed E-state index contributed by atoms with van der Waals surface area (Å²) in [5, 5.41) is 29.8. The molecule has 0 bridgehead atoms. The predicted molar refractivity (Wildman–Crippen MR) is 195 cm³/mol. The lowest BCUT2D eigenvalue weighted by atomic mass is 9.90. The molecule has 0 aliphatic carbocycles. The first-order valence-electron chi connectivity index (χ1n) is 17.0. The van der Waals surface area contributed by atoms with Crippen LogP contribution in [0.25, 0.3) is 44.3 Å². The molecule has 1 atom stereocenters. The summed E-state index contributed by atoms with van der Waals surface area (Å²) in [5.74, 6) is -0.322. The first-order chi connectivity index (χ1) is 24.5. The predicted octanol–water partition coefficient (Wildman–Crippen LogP) is 5.84. The second-order valence-electron chi connectivity index (χ2n) is 14.0. The fraction of sp³-hybridized carbons (Fsp3) is 0.359. The van der Waals surface area contributed by atoms with Crippen molar-refractivity contribution in [2.24, 2.45) is 5.41 Å². The average Bonchev–Trinajstić information content (AvgIpc) is 3.88. The molecular formula is C39H40N6O5S. The molecule has 0 saturated carbocycles. The van der Waals surface area contributed by atoms with Crippen molar-refractivity contribution in [3.8, 4) is 39.2 Å². The molecule has 2 aliphatic rings. The van der Waals surface area contributed by atoms with Crippen LogP contribution in [0.2, 0.25) is 0 Å². The number of carboxylic acid groups (broad SMARTS) is 1. The standard InChI is InChI=1S/C39H40N6O5S/c1-23-27(28-8-6-10-30(24(28)2)37-42-32-19-45(20-33(32)51-37)34(47)21-43(4)13-14-46)7-5-9-29(23)36-41-31-16-25(15-26(17-40)35(31)50-36)18-44-12-11-39(3,22-44)38(48)49/h5-10,15-16,46H,11-14,18-22H2,1-4H3,(H,48,49)/t39-/m1/s1. The summed E-state index contributed by atoms with van der Waals surface area (Å²) in [7, 11) is 1.83. The number of oxazole rings is 1. The van der Waals surface area contributed by atoms with Crippen LogP contribution in [0, 0.1) is 30.6 Å². The maximum Gasteiger partial charge on any atom is 0.310 e. The maximum absolute atomic E-state index is 12.8. The van der Waals surface area contributed by atoms with Gasteiger partial charge in [-0.15, -0.1) is 11.3 Å². The number of hydrogen-bond donors (Lipinski definition) is 2. The monoisotopic (exact) mass is 704 g/mol. The van der Waals surface area contributed by atoms with Crippen LogP contribution in [-0.4, -0.2) is 86.6 Å². The number of carbonyl (C=O) groups excluding carboxylic acids is 1. The third-order valence-electron chi connectivity index (χ3n) is 10.3. The number of aliphatic hydroxyl groups is 1. The van der Waals surface area contributed by atoms with Crippen LogP contribution in [0.1, 0.15) is 46.2 Å². The Labute approximate surface area is 300 Å². The van der Waals surface area contributed by atoms with Crippen LogP contribution in [0.15, 0.2) is 52.9 Å². The number of nitriles is 1. The molecule has 7 rings (SSSR count). The lowest BCUT2D eigenvalue weighted by Gasteiger charge is -2.20. The number of hydrogen-bond acceptors (Lipinski definition) is 10. The molecule has 51 heavy (non-hydrogen) atoms. The molecule has 4 heterocycles. The molecule has 2 aromatic heterocycles. The molecule has 2 N–H and O–H groups in total. The molecule has 12 heteroatoms. The molecule has 0 spiro atoms. The number of nitrogens with zero attached hydrogens (tertiary/aromatic N) is 6. The van der Waals surface area contributed by atoms with E-state index in [1.165, 1.54) is 0 Å². The van der Waals surface area contributed by atoms with Crippen molar-refractivity contribution >= 4 is 34.3 Å². The zero-order chi connectivity index (χ0) is 36.0. The van der Waals surface area contributed by atoms with Gasteiger partial charge in [-0.3, -0.25) is 19.4 Å². The molecule has 1 fully saturated rings. The van der Waals surface area contributed by atoms with Gasteiger partial charge in [0.05, 0.1) is 42.9 Å². The lowest BCUT2D eigenvalue weighted by Crippen LogP contribution is -2.37. The van der Waals surface area contributed by atoms with E-state index in [0.29, 0.717) is 68.2 Å². The maximum atomic E-state index is 12.8. The first-order valence-corrected chi connectivity index (χ1v) is 17.8. The first kappa shape index (κ1) is 34.5. The Kier molecular flexibility index (Phi) is 9.24. The van der Waals surface area contributed by atoms with Crippen molar-refractivity contribution in [1.82, 2.24) is 24.7 Å². The van der Waals surface area contributed by atoms with E-state index in [9.17, 15) is 20.0 Å². The Morgan fingerprint density at radius 1 is 1.06 bits per heavy atom. The fourth-order valence-electron chi connectivity index (χ4n) is 7.24. The van der Waals surface area contributed by atoms with Crippen molar-refractivity contribution in [3.05, 3.63) is 81.4 Å². The third-order valence-corrected chi connectivity index (χ3v) is 11.4. The van der Waals surface area contributed by atoms with Gasteiger partial charge in [0.15, 0.2) is 5.58 Å². The molecular weight excluding hydrogens is 665 g/mol. The highest BCUT2D eigenvalue weighted by Gasteiger charge is 2.40. The van der Waals surface area contributed by atoms with Gasteiger partial charge >= 0.3 is 5.97 Å². The highest BCUT2D eigenvalue weighted by atomic mass is 32.1. The summed E-state index contributed by atoms with van der Waals surface area (Å²) >= 11 is 1.63. The van der Waals surface area contributed by atoms with Gasteiger partial charge in [0.2, 0.25) is 11.8 Å². The third kappa shape index (κ3) is 6.54. The molecule has 0 unspecified atom stereocenters. The van der Waals surface area contributed by atoms with Crippen LogP contribution in [0.5, 0.6) is 0 Å². The summed E-state index contributed by atoms with van der Waals surface area (Å²) in [6.45, 7) is 9.36. The number of carbonyl (C=O) groups is 2. The highest BCUT2D eigenvalue weighted by Crippen LogP contribution is 2.40. The number of aliphatic hydroxyl groups excluding tert-OH is 1. The van der Waals surface area contributed by atoms with Gasteiger partial charge in [0.25, 0.3) is 0 Å². The zero-order valence-electron chi connectivity index (χ0n) is 29.2. The highest BCUT2D eigenvalue weighted by molar-refractivity contribution is 7.15. The fourth-order valence-corrected chi connectivity index (χ4v) is 8.40. The summed E-state index contributed by atoms with van der Waals surface area (Å²) in [4.78, 5) is 41.2. The Morgan fingerprint density at radius 2 is 1.76 bits per heavy atom. The minimum atomic E-state index is -0.786. The van der Waals surface area contributed by atoms with Crippen molar-refractivity contribution < 1.29 is 24.2 Å². The van der Waals surface area contributed by atoms with Gasteiger partial charge in [0, 0.05) is 35.6 Å². The number of likely N-dealkylation sites (tertiary alicyclic amines) is 1. The molecule has 2 aliphatic heterocycles. The molecule has 0 radical (unpaired) electrons. The van der Waals surface area contributed by atoms with E-state index in [1.54, 1.807) is 18.3 Å². The number of likely N-dealkylation sites (N-methyl/N-ethyl adjacent to an activating group) is 1. The van der Waals surface area contributed by atoms with Crippen LogP contribution in [0.4, 0.5) is 0 Å². The number of fused-ring (bicyclic) bond motifs is 2. The van der Waals surface area contributed by atoms with E-state index in [-0.39, 0.29) is 19.1 Å². The summed E-state index contributed by atoms with van der Waals surface area (Å²) < 4.78 is 6.28. The molecule has 3 aromatic carbocycles. The number of amides is 1. The van der Waals surface area contributed by atoms with Crippen LogP contribution < -0.4 is 0 Å². The quantitative estimate of drug-likeness (QED) is 0.182. The summed E-state index contributed by atoms with van der Waals surface area (Å²) in [6.07, 6.45) is 0.583. The van der Waals surface area contributed by atoms with E-state index >= 15 is 0 Å². The number of aliphatic carboxylic acids is 1. The normalized spacial score (nSPS) is 17.4. The number of carboxylic acids is 1. The van der Waals surface area contributed by atoms with Crippen molar-refractivity contribution in [2.45, 2.75) is 46.8 Å². The van der Waals surface area contributed by atoms with Crippen LogP contribution in [0.3, 0.4) is 0 Å². The number of thiazole rings is 1.